The fourth-order valence-corrected chi connectivity index (χ4v) is 2.49. The van der Waals surface area contributed by atoms with Gasteiger partial charge in [0.1, 0.15) is 0 Å². The molecule has 0 aliphatic heterocycles. The molecule has 1 aromatic carbocycles. The molecule has 1 amide bonds. The SMILES string of the molecule is Cc1cc(CCNC(=O)Cc2cccc(Cl)c2)c(C)[nH]1. The molecular weight excluding hydrogens is 272 g/mol. The normalized spacial score (nSPS) is 10.6. The Labute approximate surface area is 124 Å². The highest BCUT2D eigenvalue weighted by atomic mass is 35.5. The van der Waals surface area contributed by atoms with E-state index in [9.17, 15) is 4.79 Å². The van der Waals surface area contributed by atoms with Gasteiger partial charge < -0.3 is 10.3 Å². The maximum atomic E-state index is 11.8. The van der Waals surface area contributed by atoms with E-state index in [0.717, 1.165) is 17.7 Å². The molecule has 4 heteroatoms. The molecule has 3 nitrogen and oxygen atoms in total. The highest BCUT2D eigenvalue weighted by Gasteiger charge is 2.05. The summed E-state index contributed by atoms with van der Waals surface area (Å²) < 4.78 is 0. The second kappa shape index (κ2) is 6.62. The first-order valence-electron chi connectivity index (χ1n) is 6.71. The van der Waals surface area contributed by atoms with Gasteiger partial charge in [0.25, 0.3) is 0 Å². The van der Waals surface area contributed by atoms with E-state index in [1.165, 1.54) is 11.3 Å². The summed E-state index contributed by atoms with van der Waals surface area (Å²) in [6.45, 7) is 4.74. The number of amides is 1. The van der Waals surface area contributed by atoms with Crippen molar-refractivity contribution in [1.82, 2.24) is 10.3 Å². The molecule has 0 radical (unpaired) electrons. The van der Waals surface area contributed by atoms with E-state index in [1.807, 2.05) is 25.1 Å². The topological polar surface area (TPSA) is 44.9 Å². The number of hydrogen-bond donors (Lipinski definition) is 2. The van der Waals surface area contributed by atoms with Crippen molar-refractivity contribution < 1.29 is 4.79 Å². The van der Waals surface area contributed by atoms with Gasteiger partial charge in [-0.1, -0.05) is 23.7 Å². The third-order valence-corrected chi connectivity index (χ3v) is 3.46. The molecule has 2 N–H and O–H groups in total. The zero-order chi connectivity index (χ0) is 14.5. The molecule has 0 atom stereocenters. The fourth-order valence-electron chi connectivity index (χ4n) is 2.27. The van der Waals surface area contributed by atoms with E-state index in [1.54, 1.807) is 6.07 Å². The van der Waals surface area contributed by atoms with E-state index in [4.69, 9.17) is 11.6 Å². The first kappa shape index (κ1) is 14.7. The van der Waals surface area contributed by atoms with Crippen LogP contribution in [0.1, 0.15) is 22.5 Å². The lowest BCUT2D eigenvalue weighted by Crippen LogP contribution is -2.27. The number of benzene rings is 1. The largest absolute Gasteiger partial charge is 0.362 e. The number of aromatic nitrogens is 1. The minimum absolute atomic E-state index is 0.0252. The van der Waals surface area contributed by atoms with E-state index < -0.39 is 0 Å². The van der Waals surface area contributed by atoms with Crippen LogP contribution in [0.15, 0.2) is 30.3 Å². The molecule has 0 aliphatic rings. The van der Waals surface area contributed by atoms with Crippen LogP contribution in [0, 0.1) is 13.8 Å². The van der Waals surface area contributed by atoms with Crippen molar-refractivity contribution in [2.75, 3.05) is 6.54 Å². The number of nitrogens with one attached hydrogen (secondary N) is 2. The molecule has 20 heavy (non-hydrogen) atoms. The van der Waals surface area contributed by atoms with Crippen LogP contribution in [0.3, 0.4) is 0 Å². The number of halogens is 1. The molecule has 0 bridgehead atoms. The predicted octanol–water partition coefficient (Wildman–Crippen LogP) is 3.19. The summed E-state index contributed by atoms with van der Waals surface area (Å²) in [5.74, 6) is 0.0252. The summed E-state index contributed by atoms with van der Waals surface area (Å²) in [7, 11) is 0. The molecule has 0 unspecified atom stereocenters. The second-order valence-electron chi connectivity index (χ2n) is 5.01. The summed E-state index contributed by atoms with van der Waals surface area (Å²) in [5, 5.41) is 3.60. The van der Waals surface area contributed by atoms with Gasteiger partial charge in [-0.15, -0.1) is 0 Å². The zero-order valence-corrected chi connectivity index (χ0v) is 12.6. The lowest BCUT2D eigenvalue weighted by Gasteiger charge is -2.05. The van der Waals surface area contributed by atoms with E-state index in [-0.39, 0.29) is 5.91 Å². The van der Waals surface area contributed by atoms with E-state index >= 15 is 0 Å². The number of carbonyl (C=O) groups excluding carboxylic acids is 1. The van der Waals surface area contributed by atoms with E-state index in [2.05, 4.69) is 23.3 Å². The van der Waals surface area contributed by atoms with Crippen LogP contribution < -0.4 is 5.32 Å². The van der Waals surface area contributed by atoms with Crippen LogP contribution in [0.25, 0.3) is 0 Å². The Morgan fingerprint density at radius 1 is 1.30 bits per heavy atom. The second-order valence-corrected chi connectivity index (χ2v) is 5.45. The maximum absolute atomic E-state index is 11.8. The molecule has 0 aliphatic carbocycles. The molecule has 2 rings (SSSR count). The molecule has 1 aromatic heterocycles. The van der Waals surface area contributed by atoms with Crippen molar-refractivity contribution >= 4 is 17.5 Å². The van der Waals surface area contributed by atoms with Crippen LogP contribution in [0.5, 0.6) is 0 Å². The van der Waals surface area contributed by atoms with Crippen LogP contribution >= 0.6 is 11.6 Å². The molecule has 0 saturated heterocycles. The lowest BCUT2D eigenvalue weighted by atomic mass is 10.1. The third kappa shape index (κ3) is 4.14. The number of rotatable bonds is 5. The third-order valence-electron chi connectivity index (χ3n) is 3.23. The Morgan fingerprint density at radius 3 is 2.75 bits per heavy atom. The smallest absolute Gasteiger partial charge is 0.224 e. The van der Waals surface area contributed by atoms with Gasteiger partial charge in [-0.3, -0.25) is 4.79 Å². The van der Waals surface area contributed by atoms with Crippen molar-refractivity contribution in [3.63, 3.8) is 0 Å². The Balaban J connectivity index is 1.79. The number of H-pyrrole nitrogens is 1. The minimum Gasteiger partial charge on any atom is -0.362 e. The molecule has 1 heterocycles. The Kier molecular flexibility index (Phi) is 4.85. The molecular formula is C16H19ClN2O. The quantitative estimate of drug-likeness (QED) is 0.873. The highest BCUT2D eigenvalue weighted by Crippen LogP contribution is 2.11. The van der Waals surface area contributed by atoms with Crippen molar-refractivity contribution in [3.8, 4) is 0 Å². The van der Waals surface area contributed by atoms with Crippen molar-refractivity contribution in [2.45, 2.75) is 26.7 Å². The van der Waals surface area contributed by atoms with Crippen LogP contribution in [-0.4, -0.2) is 17.4 Å². The van der Waals surface area contributed by atoms with Gasteiger partial charge >= 0.3 is 0 Å². The Bertz CT molecular complexity index is 604. The highest BCUT2D eigenvalue weighted by molar-refractivity contribution is 6.30. The summed E-state index contributed by atoms with van der Waals surface area (Å²) in [4.78, 5) is 15.1. The molecule has 0 spiro atoms. The molecule has 0 saturated carbocycles. The van der Waals surface area contributed by atoms with Crippen molar-refractivity contribution in [1.29, 1.82) is 0 Å². The summed E-state index contributed by atoms with van der Waals surface area (Å²) >= 11 is 5.90. The predicted molar refractivity (Wildman–Crippen MR) is 82.1 cm³/mol. The molecule has 2 aromatic rings. The summed E-state index contributed by atoms with van der Waals surface area (Å²) in [6.07, 6.45) is 1.21. The summed E-state index contributed by atoms with van der Waals surface area (Å²) in [5.41, 5.74) is 4.52. The standard InChI is InChI=1S/C16H19ClN2O/c1-11-8-14(12(2)19-11)6-7-18-16(20)10-13-4-3-5-15(17)9-13/h3-5,8-9,19H,6-7,10H2,1-2H3,(H,18,20). The minimum atomic E-state index is 0.0252. The van der Waals surface area contributed by atoms with Gasteiger partial charge in [-0.05, 0) is 49.6 Å². The van der Waals surface area contributed by atoms with Gasteiger partial charge in [0.15, 0.2) is 0 Å². The Hall–Kier alpha value is -1.74. The number of carbonyl (C=O) groups is 1. The van der Waals surface area contributed by atoms with E-state index in [0.29, 0.717) is 18.0 Å². The van der Waals surface area contributed by atoms with Crippen LogP contribution in [0.4, 0.5) is 0 Å². The maximum Gasteiger partial charge on any atom is 0.224 e. The average molecular weight is 291 g/mol. The van der Waals surface area contributed by atoms with Gasteiger partial charge in [0, 0.05) is 23.0 Å². The van der Waals surface area contributed by atoms with Gasteiger partial charge in [-0.25, -0.2) is 0 Å². The Morgan fingerprint density at radius 2 is 2.10 bits per heavy atom. The number of aromatic amines is 1. The zero-order valence-electron chi connectivity index (χ0n) is 11.8. The lowest BCUT2D eigenvalue weighted by molar-refractivity contribution is -0.120. The monoisotopic (exact) mass is 290 g/mol. The van der Waals surface area contributed by atoms with Gasteiger partial charge in [0.2, 0.25) is 5.91 Å². The van der Waals surface area contributed by atoms with Gasteiger partial charge in [0.05, 0.1) is 6.42 Å². The van der Waals surface area contributed by atoms with Gasteiger partial charge in [-0.2, -0.15) is 0 Å². The number of aryl methyl sites for hydroxylation is 2. The first-order valence-corrected chi connectivity index (χ1v) is 7.08. The first-order chi connectivity index (χ1) is 9.54. The summed E-state index contributed by atoms with van der Waals surface area (Å²) in [6, 6.07) is 9.52. The number of hydrogen-bond acceptors (Lipinski definition) is 1. The van der Waals surface area contributed by atoms with Crippen LogP contribution in [-0.2, 0) is 17.6 Å². The molecule has 0 fully saturated rings. The van der Waals surface area contributed by atoms with Crippen molar-refractivity contribution in [3.05, 3.63) is 57.9 Å². The fraction of sp³-hybridized carbons (Fsp3) is 0.312. The average Bonchev–Trinajstić information content (AvgIpc) is 2.68. The van der Waals surface area contributed by atoms with Crippen LogP contribution in [0.2, 0.25) is 5.02 Å². The van der Waals surface area contributed by atoms with Crippen molar-refractivity contribution in [2.24, 2.45) is 0 Å². The molecule has 106 valence electrons.